The van der Waals surface area contributed by atoms with Gasteiger partial charge in [-0.3, -0.25) is 0 Å². The average molecular weight is 310 g/mol. The molecule has 1 atom stereocenters. The molecule has 1 unspecified atom stereocenters. The fourth-order valence-corrected chi connectivity index (χ4v) is 3.81. The number of nitrogens with zero attached hydrogens (tertiary/aromatic N) is 6. The maximum atomic E-state index is 11.6. The Kier molecular flexibility index (Phi) is 3.41. The third kappa shape index (κ3) is 3.24. The number of nitrogens with two attached hydrogens (primary N) is 1. The second-order valence-electron chi connectivity index (χ2n) is 4.76. The number of aromatic nitrogens is 6. The number of anilines is 2. The van der Waals surface area contributed by atoms with Gasteiger partial charge in [0.05, 0.1) is 11.5 Å². The minimum atomic E-state index is -3.01. The molecule has 0 bridgehead atoms. The summed E-state index contributed by atoms with van der Waals surface area (Å²) in [5, 5.41) is 6.91. The second kappa shape index (κ2) is 5.24. The van der Waals surface area contributed by atoms with Gasteiger partial charge in [-0.1, -0.05) is 0 Å². The van der Waals surface area contributed by atoms with Gasteiger partial charge in [-0.2, -0.15) is 24.7 Å². The molecule has 1 aliphatic heterocycles. The first-order valence-electron chi connectivity index (χ1n) is 6.35. The highest BCUT2D eigenvalue weighted by Gasteiger charge is 2.25. The van der Waals surface area contributed by atoms with Crippen LogP contribution in [-0.4, -0.2) is 55.7 Å². The first-order chi connectivity index (χ1) is 10.0. The van der Waals surface area contributed by atoms with Crippen LogP contribution in [0.2, 0.25) is 0 Å². The summed E-state index contributed by atoms with van der Waals surface area (Å²) >= 11 is 0. The minimum absolute atomic E-state index is 0.0247. The number of hydrogen-bond donors (Lipinski definition) is 2. The van der Waals surface area contributed by atoms with Crippen molar-refractivity contribution in [3.63, 3.8) is 0 Å². The molecule has 2 aromatic rings. The van der Waals surface area contributed by atoms with Crippen LogP contribution in [-0.2, 0) is 9.84 Å². The summed E-state index contributed by atoms with van der Waals surface area (Å²) in [5.41, 5.74) is 5.64. The highest BCUT2D eigenvalue weighted by molar-refractivity contribution is 7.91. The van der Waals surface area contributed by atoms with Gasteiger partial charge >= 0.3 is 0 Å². The quantitative estimate of drug-likeness (QED) is 0.731. The Balaban J connectivity index is 1.82. The molecule has 2 aromatic heterocycles. The number of nitrogen functional groups attached to an aromatic ring is 1. The van der Waals surface area contributed by atoms with Crippen molar-refractivity contribution >= 4 is 21.7 Å². The normalized spacial score (nSPS) is 21.0. The standard InChI is InChI=1S/C10H14N8O2S/c11-8-15-9(14-7-2-1-3-21(19,20)4-7)17-10(16-8)18-6-12-5-13-18/h5-7H,1-4H2,(H3,11,14,15,16,17). The molecule has 112 valence electrons. The molecule has 0 spiro atoms. The molecule has 3 heterocycles. The third-order valence-corrected chi connectivity index (χ3v) is 4.88. The van der Waals surface area contributed by atoms with E-state index >= 15 is 0 Å². The lowest BCUT2D eigenvalue weighted by atomic mass is 10.2. The van der Waals surface area contributed by atoms with E-state index in [1.54, 1.807) is 0 Å². The van der Waals surface area contributed by atoms with Gasteiger partial charge < -0.3 is 11.1 Å². The largest absolute Gasteiger partial charge is 0.368 e. The van der Waals surface area contributed by atoms with E-state index in [0.717, 1.165) is 6.42 Å². The topological polar surface area (TPSA) is 142 Å². The summed E-state index contributed by atoms with van der Waals surface area (Å²) in [4.78, 5) is 15.9. The van der Waals surface area contributed by atoms with Crippen LogP contribution in [0.1, 0.15) is 12.8 Å². The van der Waals surface area contributed by atoms with E-state index in [4.69, 9.17) is 5.73 Å². The second-order valence-corrected chi connectivity index (χ2v) is 6.98. The van der Waals surface area contributed by atoms with Crippen LogP contribution in [0.5, 0.6) is 0 Å². The van der Waals surface area contributed by atoms with Crippen LogP contribution >= 0.6 is 0 Å². The highest BCUT2D eigenvalue weighted by atomic mass is 32.2. The maximum Gasteiger partial charge on any atom is 0.258 e. The Bertz CT molecular complexity index is 730. The van der Waals surface area contributed by atoms with Crippen molar-refractivity contribution in [3.05, 3.63) is 12.7 Å². The lowest BCUT2D eigenvalue weighted by Gasteiger charge is -2.22. The van der Waals surface area contributed by atoms with E-state index in [2.05, 4.69) is 30.4 Å². The number of rotatable bonds is 3. The fraction of sp³-hybridized carbons (Fsp3) is 0.500. The lowest BCUT2D eigenvalue weighted by molar-refractivity contribution is 0.561. The van der Waals surface area contributed by atoms with Gasteiger partial charge in [0.2, 0.25) is 11.9 Å². The van der Waals surface area contributed by atoms with E-state index in [1.807, 2.05) is 0 Å². The monoisotopic (exact) mass is 310 g/mol. The number of nitrogens with one attached hydrogen (secondary N) is 1. The Morgan fingerprint density at radius 2 is 2.19 bits per heavy atom. The molecular formula is C10H14N8O2S. The number of hydrogen-bond acceptors (Lipinski definition) is 9. The maximum absolute atomic E-state index is 11.6. The Labute approximate surface area is 120 Å². The van der Waals surface area contributed by atoms with Crippen LogP contribution in [0, 0.1) is 0 Å². The summed E-state index contributed by atoms with van der Waals surface area (Å²) in [6, 6.07) is -0.228. The summed E-state index contributed by atoms with van der Waals surface area (Å²) in [6.07, 6.45) is 4.14. The molecule has 3 rings (SSSR count). The molecule has 0 radical (unpaired) electrons. The minimum Gasteiger partial charge on any atom is -0.368 e. The van der Waals surface area contributed by atoms with E-state index in [9.17, 15) is 8.42 Å². The van der Waals surface area contributed by atoms with Crippen LogP contribution in [0.3, 0.4) is 0 Å². The molecule has 1 aliphatic rings. The molecule has 0 amide bonds. The lowest BCUT2D eigenvalue weighted by Crippen LogP contribution is -2.35. The molecule has 0 aromatic carbocycles. The van der Waals surface area contributed by atoms with Gasteiger partial charge in [-0.25, -0.2) is 13.4 Å². The van der Waals surface area contributed by atoms with Crippen LogP contribution in [0.4, 0.5) is 11.9 Å². The van der Waals surface area contributed by atoms with E-state index in [0.29, 0.717) is 6.42 Å². The van der Waals surface area contributed by atoms with Gasteiger partial charge in [0.25, 0.3) is 5.95 Å². The van der Waals surface area contributed by atoms with Gasteiger partial charge in [-0.05, 0) is 12.8 Å². The highest BCUT2D eigenvalue weighted by Crippen LogP contribution is 2.16. The van der Waals surface area contributed by atoms with Gasteiger partial charge in [0, 0.05) is 6.04 Å². The number of sulfone groups is 1. The first-order valence-corrected chi connectivity index (χ1v) is 8.17. The van der Waals surface area contributed by atoms with Crippen molar-refractivity contribution in [2.24, 2.45) is 0 Å². The van der Waals surface area contributed by atoms with E-state index in [1.165, 1.54) is 17.3 Å². The van der Waals surface area contributed by atoms with Crippen molar-refractivity contribution in [2.45, 2.75) is 18.9 Å². The smallest absolute Gasteiger partial charge is 0.258 e. The van der Waals surface area contributed by atoms with E-state index < -0.39 is 9.84 Å². The fourth-order valence-electron chi connectivity index (χ4n) is 2.18. The van der Waals surface area contributed by atoms with Crippen LogP contribution in [0.25, 0.3) is 5.95 Å². The summed E-state index contributed by atoms with van der Waals surface area (Å²) in [7, 11) is -3.01. The van der Waals surface area contributed by atoms with Crippen molar-refractivity contribution in [2.75, 3.05) is 22.6 Å². The molecule has 0 aliphatic carbocycles. The average Bonchev–Trinajstić information content (AvgIpc) is 2.90. The van der Waals surface area contributed by atoms with Gasteiger partial charge in [0.1, 0.15) is 12.7 Å². The first kappa shape index (κ1) is 13.7. The predicted molar refractivity (Wildman–Crippen MR) is 74.5 cm³/mol. The Hall–Kier alpha value is -2.30. The van der Waals surface area contributed by atoms with Crippen LogP contribution in [0.15, 0.2) is 12.7 Å². The molecule has 1 saturated heterocycles. The third-order valence-electron chi connectivity index (χ3n) is 3.06. The Morgan fingerprint density at radius 3 is 2.90 bits per heavy atom. The molecule has 21 heavy (non-hydrogen) atoms. The van der Waals surface area contributed by atoms with Crippen molar-refractivity contribution in [1.82, 2.24) is 29.7 Å². The Morgan fingerprint density at radius 1 is 1.33 bits per heavy atom. The van der Waals surface area contributed by atoms with Crippen molar-refractivity contribution < 1.29 is 8.42 Å². The zero-order valence-electron chi connectivity index (χ0n) is 11.0. The zero-order valence-corrected chi connectivity index (χ0v) is 11.9. The van der Waals surface area contributed by atoms with Crippen LogP contribution < -0.4 is 11.1 Å². The SMILES string of the molecule is Nc1nc(NC2CCCS(=O)(=O)C2)nc(-n2cncn2)n1. The molecule has 3 N–H and O–H groups in total. The van der Waals surface area contributed by atoms with Gasteiger partial charge in [0.15, 0.2) is 9.84 Å². The zero-order chi connectivity index (χ0) is 14.9. The van der Waals surface area contributed by atoms with Crippen molar-refractivity contribution in [1.29, 1.82) is 0 Å². The molecule has 1 fully saturated rings. The molecule has 11 heteroatoms. The summed E-state index contributed by atoms with van der Waals surface area (Å²) < 4.78 is 24.6. The van der Waals surface area contributed by atoms with Gasteiger partial charge in [-0.15, -0.1) is 0 Å². The predicted octanol–water partition coefficient (Wildman–Crippen LogP) is -0.976. The molecular weight excluding hydrogens is 296 g/mol. The van der Waals surface area contributed by atoms with Crippen molar-refractivity contribution in [3.8, 4) is 5.95 Å². The summed E-state index contributed by atoms with van der Waals surface area (Å²) in [6.45, 7) is 0. The molecule has 0 saturated carbocycles. The summed E-state index contributed by atoms with van der Waals surface area (Å²) in [5.74, 6) is 0.777. The molecule has 10 nitrogen and oxygen atoms in total. The van der Waals surface area contributed by atoms with E-state index in [-0.39, 0.29) is 35.4 Å².